The molecule has 0 fully saturated rings. The van der Waals surface area contributed by atoms with Gasteiger partial charge >= 0.3 is 0 Å². The Morgan fingerprint density at radius 3 is 2.65 bits per heavy atom. The van der Waals surface area contributed by atoms with E-state index >= 15 is 0 Å². The lowest BCUT2D eigenvalue weighted by Crippen LogP contribution is -2.27. The predicted octanol–water partition coefficient (Wildman–Crippen LogP) is 2.22. The number of nitrogens with one attached hydrogen (secondary N) is 2. The van der Waals surface area contributed by atoms with Crippen molar-refractivity contribution in [2.24, 2.45) is 0 Å². The van der Waals surface area contributed by atoms with Gasteiger partial charge in [-0.3, -0.25) is 0 Å². The summed E-state index contributed by atoms with van der Waals surface area (Å²) in [6, 6.07) is 7.16. The van der Waals surface area contributed by atoms with E-state index in [0.29, 0.717) is 18.0 Å². The quantitative estimate of drug-likeness (QED) is 0.650. The lowest BCUT2D eigenvalue weighted by Gasteiger charge is -2.12. The lowest BCUT2D eigenvalue weighted by molar-refractivity contribution is 0.578. The van der Waals surface area contributed by atoms with Crippen LogP contribution in [0.25, 0.3) is 0 Å². The summed E-state index contributed by atoms with van der Waals surface area (Å²) < 4.78 is 27.3. The summed E-state index contributed by atoms with van der Waals surface area (Å²) in [6.07, 6.45) is 3.89. The Kier molecular flexibility index (Phi) is 8.21. The Morgan fingerprint density at radius 2 is 1.95 bits per heavy atom. The Balaban J connectivity index is 2.72. The molecule has 0 saturated heterocycles. The van der Waals surface area contributed by atoms with Crippen molar-refractivity contribution in [2.75, 3.05) is 25.1 Å². The monoisotopic (exact) mass is 316 g/mol. The van der Waals surface area contributed by atoms with Gasteiger partial charge in [0, 0.05) is 13.1 Å². The number of rotatable bonds is 10. The maximum atomic E-state index is 12.3. The minimum atomic E-state index is -3.41. The van der Waals surface area contributed by atoms with Gasteiger partial charge in [0.15, 0.2) is 0 Å². The van der Waals surface area contributed by atoms with Crippen LogP contribution in [0.2, 0.25) is 0 Å². The summed E-state index contributed by atoms with van der Waals surface area (Å²) in [5, 5.41) is 3.24. The van der Waals surface area contributed by atoms with E-state index in [4.69, 9.17) is 0 Å². The van der Waals surface area contributed by atoms with Crippen molar-refractivity contribution in [2.45, 2.75) is 31.2 Å². The van der Waals surface area contributed by atoms with Crippen LogP contribution in [-0.2, 0) is 16.6 Å². The van der Waals surface area contributed by atoms with Gasteiger partial charge in [-0.15, -0.1) is 0 Å². The molecule has 0 aromatic heterocycles. The highest BCUT2D eigenvalue weighted by Crippen LogP contribution is 2.15. The van der Waals surface area contributed by atoms with Crippen molar-refractivity contribution in [1.82, 2.24) is 10.0 Å². The molecule has 2 N–H and O–H groups in total. The Labute approximate surface area is 126 Å². The molecule has 0 amide bonds. The molecule has 0 saturated carbocycles. The largest absolute Gasteiger partial charge is 0.313 e. The molecule has 0 atom stereocenters. The van der Waals surface area contributed by atoms with E-state index < -0.39 is 10.0 Å². The number of benzene rings is 1. The van der Waals surface area contributed by atoms with Crippen molar-refractivity contribution in [3.05, 3.63) is 29.8 Å². The van der Waals surface area contributed by atoms with Crippen LogP contribution in [0.5, 0.6) is 0 Å². The SMILES string of the molecule is CCCNCc1ccccc1S(=O)(=O)NCCCSC. The number of sulfonamides is 1. The Bertz CT molecular complexity index is 490. The van der Waals surface area contributed by atoms with Gasteiger partial charge in [0.25, 0.3) is 0 Å². The van der Waals surface area contributed by atoms with Crippen LogP contribution in [-0.4, -0.2) is 33.5 Å². The van der Waals surface area contributed by atoms with Gasteiger partial charge < -0.3 is 5.32 Å². The smallest absolute Gasteiger partial charge is 0.240 e. The molecule has 0 aliphatic rings. The number of hydrogen-bond donors (Lipinski definition) is 2. The molecule has 0 radical (unpaired) electrons. The zero-order chi connectivity index (χ0) is 14.8. The first-order chi connectivity index (χ1) is 9.61. The fourth-order valence-electron chi connectivity index (χ4n) is 1.81. The molecular formula is C14H24N2O2S2. The van der Waals surface area contributed by atoms with Crippen LogP contribution >= 0.6 is 11.8 Å². The highest BCUT2D eigenvalue weighted by Gasteiger charge is 2.16. The van der Waals surface area contributed by atoms with Crippen LogP contribution in [0, 0.1) is 0 Å². The third-order valence-electron chi connectivity index (χ3n) is 2.82. The Hall–Kier alpha value is -0.560. The molecule has 4 nitrogen and oxygen atoms in total. The summed E-state index contributed by atoms with van der Waals surface area (Å²) in [5.41, 5.74) is 0.818. The summed E-state index contributed by atoms with van der Waals surface area (Å²) in [5.74, 6) is 0.961. The molecule has 0 bridgehead atoms. The second kappa shape index (κ2) is 9.39. The Morgan fingerprint density at radius 1 is 1.20 bits per heavy atom. The van der Waals surface area contributed by atoms with Crippen molar-refractivity contribution in [3.63, 3.8) is 0 Å². The molecule has 0 aliphatic heterocycles. The van der Waals surface area contributed by atoms with Gasteiger partial charge in [-0.05, 0) is 43.0 Å². The molecular weight excluding hydrogens is 292 g/mol. The third kappa shape index (κ3) is 5.83. The normalized spacial score (nSPS) is 11.7. The summed E-state index contributed by atoms with van der Waals surface area (Å²) in [7, 11) is -3.41. The minimum Gasteiger partial charge on any atom is -0.313 e. The van der Waals surface area contributed by atoms with Crippen molar-refractivity contribution < 1.29 is 8.42 Å². The highest BCUT2D eigenvalue weighted by atomic mass is 32.2. The molecule has 1 rings (SSSR count). The first-order valence-electron chi connectivity index (χ1n) is 6.89. The van der Waals surface area contributed by atoms with Crippen molar-refractivity contribution in [1.29, 1.82) is 0 Å². The van der Waals surface area contributed by atoms with Crippen molar-refractivity contribution in [3.8, 4) is 0 Å². The number of hydrogen-bond acceptors (Lipinski definition) is 4. The lowest BCUT2D eigenvalue weighted by atomic mass is 10.2. The molecule has 20 heavy (non-hydrogen) atoms. The maximum Gasteiger partial charge on any atom is 0.240 e. The first-order valence-corrected chi connectivity index (χ1v) is 9.76. The molecule has 0 aliphatic carbocycles. The van der Waals surface area contributed by atoms with E-state index in [1.807, 2.05) is 18.4 Å². The molecule has 0 spiro atoms. The van der Waals surface area contributed by atoms with E-state index in [-0.39, 0.29) is 0 Å². The first kappa shape index (κ1) is 17.5. The van der Waals surface area contributed by atoms with Gasteiger partial charge in [0.05, 0.1) is 4.90 Å². The van der Waals surface area contributed by atoms with E-state index in [0.717, 1.165) is 30.7 Å². The highest BCUT2D eigenvalue weighted by molar-refractivity contribution is 7.98. The standard InChI is InChI=1S/C14H24N2O2S2/c1-3-9-15-12-13-7-4-5-8-14(13)20(17,18)16-10-6-11-19-2/h4-5,7-8,15-16H,3,6,9-12H2,1-2H3. The topological polar surface area (TPSA) is 58.2 Å². The molecule has 0 unspecified atom stereocenters. The van der Waals surface area contributed by atoms with E-state index in [2.05, 4.69) is 17.0 Å². The second-order valence-electron chi connectivity index (χ2n) is 4.53. The summed E-state index contributed by atoms with van der Waals surface area (Å²) >= 11 is 1.72. The van der Waals surface area contributed by atoms with Gasteiger partial charge in [0.1, 0.15) is 0 Å². The molecule has 1 aromatic rings. The number of thioether (sulfide) groups is 1. The van der Waals surface area contributed by atoms with E-state index in [1.165, 1.54) is 0 Å². The molecule has 0 heterocycles. The average Bonchev–Trinajstić information content (AvgIpc) is 2.44. The second-order valence-corrected chi connectivity index (χ2v) is 7.25. The van der Waals surface area contributed by atoms with Gasteiger partial charge in [-0.1, -0.05) is 25.1 Å². The van der Waals surface area contributed by atoms with Crippen LogP contribution < -0.4 is 10.0 Å². The zero-order valence-electron chi connectivity index (χ0n) is 12.2. The van der Waals surface area contributed by atoms with Crippen LogP contribution in [0.3, 0.4) is 0 Å². The third-order valence-corrected chi connectivity index (χ3v) is 5.08. The van der Waals surface area contributed by atoms with Crippen LogP contribution in [0.1, 0.15) is 25.3 Å². The molecule has 1 aromatic carbocycles. The zero-order valence-corrected chi connectivity index (χ0v) is 13.8. The summed E-state index contributed by atoms with van der Waals surface area (Å²) in [4.78, 5) is 0.382. The fourth-order valence-corrected chi connectivity index (χ4v) is 3.56. The van der Waals surface area contributed by atoms with E-state index in [1.54, 1.807) is 23.9 Å². The van der Waals surface area contributed by atoms with Crippen molar-refractivity contribution >= 4 is 21.8 Å². The molecule has 114 valence electrons. The summed E-state index contributed by atoms with van der Waals surface area (Å²) in [6.45, 7) is 4.04. The van der Waals surface area contributed by atoms with Crippen LogP contribution in [0.15, 0.2) is 29.2 Å². The van der Waals surface area contributed by atoms with E-state index in [9.17, 15) is 8.42 Å². The minimum absolute atomic E-state index is 0.382. The van der Waals surface area contributed by atoms with Crippen LogP contribution in [0.4, 0.5) is 0 Å². The maximum absolute atomic E-state index is 12.3. The van der Waals surface area contributed by atoms with Gasteiger partial charge in [-0.2, -0.15) is 11.8 Å². The fraction of sp³-hybridized carbons (Fsp3) is 0.571. The van der Waals surface area contributed by atoms with Gasteiger partial charge in [-0.25, -0.2) is 13.1 Å². The molecule has 6 heteroatoms. The van der Waals surface area contributed by atoms with Gasteiger partial charge in [0.2, 0.25) is 10.0 Å². The average molecular weight is 316 g/mol. The predicted molar refractivity (Wildman–Crippen MR) is 86.6 cm³/mol.